The Morgan fingerprint density at radius 2 is 2.00 bits per heavy atom. The Morgan fingerprint density at radius 3 is 2.73 bits per heavy atom. The van der Waals surface area contributed by atoms with Gasteiger partial charge in [-0.1, -0.05) is 36.4 Å². The summed E-state index contributed by atoms with van der Waals surface area (Å²) in [7, 11) is 0. The fourth-order valence-corrected chi connectivity index (χ4v) is 4.14. The van der Waals surface area contributed by atoms with Crippen LogP contribution in [0, 0.1) is 0 Å². The van der Waals surface area contributed by atoms with Gasteiger partial charge in [-0.2, -0.15) is 0 Å². The van der Waals surface area contributed by atoms with Crippen molar-refractivity contribution >= 4 is 34.9 Å². The van der Waals surface area contributed by atoms with Crippen LogP contribution < -0.4 is 5.32 Å². The number of hydrogen-bond donors (Lipinski definition) is 1. The van der Waals surface area contributed by atoms with Gasteiger partial charge in [-0.15, -0.1) is 23.1 Å². The van der Waals surface area contributed by atoms with Crippen LogP contribution in [-0.4, -0.2) is 34.4 Å². The summed E-state index contributed by atoms with van der Waals surface area (Å²) in [4.78, 5) is 27.2. The number of hydrogen-bond acceptors (Lipinski definition) is 4. The maximum absolute atomic E-state index is 12.4. The minimum absolute atomic E-state index is 0.0557. The van der Waals surface area contributed by atoms with E-state index in [2.05, 4.69) is 5.32 Å². The highest BCUT2D eigenvalue weighted by Crippen LogP contribution is 2.24. The molecule has 1 aromatic carbocycles. The van der Waals surface area contributed by atoms with Crippen LogP contribution in [0.2, 0.25) is 0 Å². The van der Waals surface area contributed by atoms with Gasteiger partial charge in [0.2, 0.25) is 5.91 Å². The molecule has 22 heavy (non-hydrogen) atoms. The zero-order chi connectivity index (χ0) is 15.4. The van der Waals surface area contributed by atoms with Crippen molar-refractivity contribution in [3.05, 3.63) is 58.3 Å². The van der Waals surface area contributed by atoms with Crippen LogP contribution in [0.15, 0.2) is 47.8 Å². The monoisotopic (exact) mass is 332 g/mol. The summed E-state index contributed by atoms with van der Waals surface area (Å²) in [6, 6.07) is 13.0. The molecular formula is C16H16N2O2S2. The van der Waals surface area contributed by atoms with Crippen LogP contribution in [0.4, 0.5) is 0 Å². The summed E-state index contributed by atoms with van der Waals surface area (Å²) in [5, 5.41) is 4.80. The minimum Gasteiger partial charge on any atom is -0.350 e. The smallest absolute Gasteiger partial charge is 0.265 e. The predicted molar refractivity (Wildman–Crippen MR) is 89.9 cm³/mol. The van der Waals surface area contributed by atoms with E-state index in [1.165, 1.54) is 11.3 Å². The summed E-state index contributed by atoms with van der Waals surface area (Å²) in [6.07, 6.45) is 0. The number of benzene rings is 1. The number of amides is 2. The lowest BCUT2D eigenvalue weighted by molar-refractivity contribution is -0.124. The van der Waals surface area contributed by atoms with Crippen LogP contribution in [0.1, 0.15) is 15.2 Å². The molecule has 1 aliphatic rings. The fraction of sp³-hybridized carbons (Fsp3) is 0.250. The van der Waals surface area contributed by atoms with Gasteiger partial charge in [0.05, 0.1) is 10.8 Å². The van der Waals surface area contributed by atoms with Crippen LogP contribution in [0.5, 0.6) is 0 Å². The maximum atomic E-state index is 12.4. The molecule has 1 unspecified atom stereocenters. The van der Waals surface area contributed by atoms with E-state index in [0.717, 1.165) is 5.56 Å². The van der Waals surface area contributed by atoms with E-state index in [1.54, 1.807) is 22.7 Å². The Bertz CT molecular complexity index is 643. The molecule has 114 valence electrons. The van der Waals surface area contributed by atoms with E-state index in [1.807, 2.05) is 41.8 Å². The quantitative estimate of drug-likeness (QED) is 0.936. The van der Waals surface area contributed by atoms with E-state index in [-0.39, 0.29) is 17.9 Å². The van der Waals surface area contributed by atoms with Gasteiger partial charge in [-0.25, -0.2) is 0 Å². The molecule has 1 N–H and O–H groups in total. The van der Waals surface area contributed by atoms with Crippen molar-refractivity contribution in [3.8, 4) is 0 Å². The maximum Gasteiger partial charge on any atom is 0.265 e. The number of rotatable bonds is 4. The third kappa shape index (κ3) is 3.34. The second-order valence-electron chi connectivity index (χ2n) is 4.97. The van der Waals surface area contributed by atoms with Crippen molar-refractivity contribution in [1.82, 2.24) is 10.2 Å². The van der Waals surface area contributed by atoms with Crippen molar-refractivity contribution in [2.75, 3.05) is 11.6 Å². The molecule has 4 nitrogen and oxygen atoms in total. The van der Waals surface area contributed by atoms with E-state index < -0.39 is 0 Å². The summed E-state index contributed by atoms with van der Waals surface area (Å²) in [5.74, 6) is 1.08. The molecule has 2 aromatic rings. The van der Waals surface area contributed by atoms with E-state index in [4.69, 9.17) is 0 Å². The lowest BCUT2D eigenvalue weighted by atomic mass is 10.2. The van der Waals surface area contributed by atoms with Crippen LogP contribution >= 0.6 is 23.1 Å². The summed E-state index contributed by atoms with van der Waals surface area (Å²) in [5.41, 5.74) is 1.05. The number of thiophene rings is 1. The average molecular weight is 332 g/mol. The molecule has 3 rings (SSSR count). The lowest BCUT2D eigenvalue weighted by Crippen LogP contribution is -2.46. The minimum atomic E-state index is -0.386. The predicted octanol–water partition coefficient (Wildman–Crippen LogP) is 2.58. The van der Waals surface area contributed by atoms with Gasteiger partial charge in [0.25, 0.3) is 5.91 Å². The first-order chi connectivity index (χ1) is 10.8. The molecule has 1 saturated heterocycles. The Labute approximate surface area is 137 Å². The molecule has 1 aromatic heterocycles. The number of carbonyl (C=O) groups is 2. The van der Waals surface area contributed by atoms with E-state index in [9.17, 15) is 9.59 Å². The Kier molecular flexibility index (Phi) is 4.80. The van der Waals surface area contributed by atoms with Gasteiger partial charge >= 0.3 is 0 Å². The zero-order valence-electron chi connectivity index (χ0n) is 11.9. The van der Waals surface area contributed by atoms with Crippen molar-refractivity contribution in [2.45, 2.75) is 12.6 Å². The van der Waals surface area contributed by atoms with Gasteiger partial charge in [0, 0.05) is 12.3 Å². The van der Waals surface area contributed by atoms with E-state index >= 15 is 0 Å². The second kappa shape index (κ2) is 6.98. The van der Waals surface area contributed by atoms with Gasteiger partial charge in [-0.05, 0) is 17.0 Å². The summed E-state index contributed by atoms with van der Waals surface area (Å²) in [6.45, 7) is 0.488. The standard InChI is InChI=1S/C16H16N2O2S2/c19-15(17-9-12-5-2-1-3-6-12)13-10-21-11-18(13)16(20)14-7-4-8-22-14/h1-8,13H,9-11H2,(H,17,19). The summed E-state index contributed by atoms with van der Waals surface area (Å²) < 4.78 is 0. The number of carbonyl (C=O) groups excluding carboxylic acids is 2. The highest BCUT2D eigenvalue weighted by Gasteiger charge is 2.35. The first kappa shape index (κ1) is 15.1. The number of thioether (sulfide) groups is 1. The molecule has 0 saturated carbocycles. The molecule has 2 heterocycles. The van der Waals surface area contributed by atoms with Gasteiger partial charge in [0.15, 0.2) is 0 Å². The Balaban J connectivity index is 1.62. The third-order valence-electron chi connectivity index (χ3n) is 3.49. The molecule has 1 fully saturated rings. The van der Waals surface area contributed by atoms with Crippen molar-refractivity contribution in [2.24, 2.45) is 0 Å². The normalized spacial score (nSPS) is 17.5. The van der Waals surface area contributed by atoms with Crippen molar-refractivity contribution in [3.63, 3.8) is 0 Å². The molecular weight excluding hydrogens is 316 g/mol. The first-order valence-corrected chi connectivity index (χ1v) is 9.03. The van der Waals surface area contributed by atoms with Gasteiger partial charge < -0.3 is 10.2 Å². The van der Waals surface area contributed by atoms with Crippen molar-refractivity contribution in [1.29, 1.82) is 0 Å². The molecule has 0 spiro atoms. The zero-order valence-corrected chi connectivity index (χ0v) is 13.5. The molecule has 0 bridgehead atoms. The Hall–Kier alpha value is -1.79. The molecule has 2 amide bonds. The SMILES string of the molecule is O=C(NCc1ccccc1)C1CSCN1C(=O)c1cccs1. The fourth-order valence-electron chi connectivity index (χ4n) is 2.30. The molecule has 6 heteroatoms. The Morgan fingerprint density at radius 1 is 1.18 bits per heavy atom. The van der Waals surface area contributed by atoms with Crippen LogP contribution in [0.25, 0.3) is 0 Å². The molecule has 1 aliphatic heterocycles. The number of nitrogens with zero attached hydrogens (tertiary/aromatic N) is 1. The lowest BCUT2D eigenvalue weighted by Gasteiger charge is -2.22. The second-order valence-corrected chi connectivity index (χ2v) is 6.92. The average Bonchev–Trinajstić information content (AvgIpc) is 3.24. The van der Waals surface area contributed by atoms with Crippen LogP contribution in [-0.2, 0) is 11.3 Å². The van der Waals surface area contributed by atoms with Crippen molar-refractivity contribution < 1.29 is 9.59 Å². The first-order valence-electron chi connectivity index (χ1n) is 6.99. The molecule has 0 radical (unpaired) electrons. The highest BCUT2D eigenvalue weighted by molar-refractivity contribution is 7.99. The van der Waals surface area contributed by atoms with Gasteiger partial charge in [0.1, 0.15) is 6.04 Å². The summed E-state index contributed by atoms with van der Waals surface area (Å²) >= 11 is 3.02. The van der Waals surface area contributed by atoms with Crippen LogP contribution in [0.3, 0.4) is 0 Å². The topological polar surface area (TPSA) is 49.4 Å². The molecule has 1 atom stereocenters. The highest BCUT2D eigenvalue weighted by atomic mass is 32.2. The van der Waals surface area contributed by atoms with E-state index in [0.29, 0.717) is 23.1 Å². The third-order valence-corrected chi connectivity index (χ3v) is 5.36. The van der Waals surface area contributed by atoms with Gasteiger partial charge in [-0.3, -0.25) is 9.59 Å². The largest absolute Gasteiger partial charge is 0.350 e. The number of nitrogens with one attached hydrogen (secondary N) is 1. The molecule has 0 aliphatic carbocycles.